The minimum Gasteiger partial charge on any atom is -0.490 e. The Balaban J connectivity index is 2.10. The first kappa shape index (κ1) is 22.3. The van der Waals surface area contributed by atoms with Crippen molar-refractivity contribution in [3.63, 3.8) is 0 Å². The number of carbonyl (C=O) groups is 1. The van der Waals surface area contributed by atoms with Gasteiger partial charge in [-0.05, 0) is 52.7 Å². The van der Waals surface area contributed by atoms with Crippen LogP contribution in [0.25, 0.3) is 0 Å². The van der Waals surface area contributed by atoms with Gasteiger partial charge in [-0.3, -0.25) is 0 Å². The highest BCUT2D eigenvalue weighted by Gasteiger charge is 2.14. The van der Waals surface area contributed by atoms with Gasteiger partial charge in [0.15, 0.2) is 18.1 Å². The zero-order valence-corrected chi connectivity index (χ0v) is 18.4. The van der Waals surface area contributed by atoms with Gasteiger partial charge in [0, 0.05) is 15.6 Å². The summed E-state index contributed by atoms with van der Waals surface area (Å²) in [5.41, 5.74) is 4.45. The number of rotatable bonds is 9. The number of hydrogen-bond acceptors (Lipinski definition) is 6. The molecule has 0 unspecified atom stereocenters. The normalized spacial score (nSPS) is 10.8. The van der Waals surface area contributed by atoms with Crippen LogP contribution in [0.3, 0.4) is 0 Å². The van der Waals surface area contributed by atoms with E-state index in [1.807, 2.05) is 6.92 Å². The first-order chi connectivity index (χ1) is 13.5. The van der Waals surface area contributed by atoms with Gasteiger partial charge in [0.2, 0.25) is 0 Å². The number of hydrazone groups is 1. The Morgan fingerprint density at radius 1 is 1.25 bits per heavy atom. The molecule has 150 valence electrons. The number of esters is 1. The van der Waals surface area contributed by atoms with E-state index in [4.69, 9.17) is 32.7 Å². The first-order valence-electron chi connectivity index (χ1n) is 8.31. The second-order valence-electron chi connectivity index (χ2n) is 5.42. The topological polar surface area (TPSA) is 69.1 Å². The summed E-state index contributed by atoms with van der Waals surface area (Å²) in [6.45, 7) is 2.45. The molecule has 28 heavy (non-hydrogen) atoms. The molecule has 0 saturated heterocycles. The minimum absolute atomic E-state index is 0.219. The van der Waals surface area contributed by atoms with Crippen molar-refractivity contribution in [2.75, 3.05) is 20.3 Å². The minimum atomic E-state index is -0.484. The van der Waals surface area contributed by atoms with Crippen LogP contribution in [0, 0.1) is 0 Å². The lowest BCUT2D eigenvalue weighted by molar-refractivity contribution is -0.142. The van der Waals surface area contributed by atoms with E-state index in [-0.39, 0.29) is 6.61 Å². The Morgan fingerprint density at radius 2 is 1.96 bits per heavy atom. The summed E-state index contributed by atoms with van der Waals surface area (Å²) in [6.07, 6.45) is 1.63. The molecule has 1 N–H and O–H groups in total. The monoisotopic (exact) mass is 488 g/mol. The van der Waals surface area contributed by atoms with Crippen molar-refractivity contribution < 1.29 is 19.0 Å². The van der Waals surface area contributed by atoms with Crippen molar-refractivity contribution in [1.29, 1.82) is 0 Å². The molecule has 0 aromatic heterocycles. The van der Waals surface area contributed by atoms with Crippen LogP contribution in [0.1, 0.15) is 18.1 Å². The summed E-state index contributed by atoms with van der Waals surface area (Å²) >= 11 is 15.7. The standard InChI is InChI=1S/C19H19BrCl2N2O4/c1-3-27-17-8-12(7-14(20)19(17)28-11-18(25)26-2)9-23-24-10-13-15(21)5-4-6-16(13)22/h4-9,24H,3,10-11H2,1-2H3/b23-9+. The van der Waals surface area contributed by atoms with Gasteiger partial charge >= 0.3 is 5.97 Å². The SMILES string of the molecule is CCOc1cc(/C=N/NCc2c(Cl)cccc2Cl)cc(Br)c1OCC(=O)OC. The smallest absolute Gasteiger partial charge is 0.343 e. The Morgan fingerprint density at radius 3 is 2.61 bits per heavy atom. The van der Waals surface area contributed by atoms with Crippen LogP contribution in [-0.4, -0.2) is 32.5 Å². The first-order valence-corrected chi connectivity index (χ1v) is 9.85. The Labute approximate surface area is 181 Å². The molecule has 0 radical (unpaired) electrons. The van der Waals surface area contributed by atoms with Crippen LogP contribution < -0.4 is 14.9 Å². The van der Waals surface area contributed by atoms with Gasteiger partial charge in [0.05, 0.1) is 30.9 Å². The van der Waals surface area contributed by atoms with Crippen LogP contribution in [0.2, 0.25) is 10.0 Å². The number of nitrogens with zero attached hydrogens (tertiary/aromatic N) is 1. The van der Waals surface area contributed by atoms with Crippen molar-refractivity contribution in [1.82, 2.24) is 5.43 Å². The third kappa shape index (κ3) is 6.29. The lowest BCUT2D eigenvalue weighted by Crippen LogP contribution is -2.13. The fourth-order valence-electron chi connectivity index (χ4n) is 2.20. The number of halogens is 3. The maximum Gasteiger partial charge on any atom is 0.343 e. The molecule has 0 bridgehead atoms. The molecule has 0 amide bonds. The predicted molar refractivity (Wildman–Crippen MR) is 114 cm³/mol. The fraction of sp³-hybridized carbons (Fsp3) is 0.263. The Bertz CT molecular complexity index is 842. The molecule has 0 saturated carbocycles. The van der Waals surface area contributed by atoms with Crippen LogP contribution in [0.15, 0.2) is 39.9 Å². The molecule has 0 aliphatic carbocycles. The van der Waals surface area contributed by atoms with E-state index in [9.17, 15) is 4.79 Å². The molecule has 0 atom stereocenters. The van der Waals surface area contributed by atoms with E-state index in [0.29, 0.717) is 39.2 Å². The molecule has 9 heteroatoms. The van der Waals surface area contributed by atoms with Crippen LogP contribution >= 0.6 is 39.1 Å². The molecule has 0 heterocycles. The van der Waals surface area contributed by atoms with Gasteiger partial charge in [-0.2, -0.15) is 5.10 Å². The molecule has 6 nitrogen and oxygen atoms in total. The maximum atomic E-state index is 11.3. The fourth-order valence-corrected chi connectivity index (χ4v) is 3.31. The third-order valence-corrected chi connectivity index (χ3v) is 4.81. The summed E-state index contributed by atoms with van der Waals surface area (Å²) in [7, 11) is 1.30. The highest BCUT2D eigenvalue weighted by atomic mass is 79.9. The van der Waals surface area contributed by atoms with Gasteiger partial charge in [-0.25, -0.2) is 4.79 Å². The third-order valence-electron chi connectivity index (χ3n) is 3.52. The predicted octanol–water partition coefficient (Wildman–Crippen LogP) is 4.83. The molecular formula is C19H19BrCl2N2O4. The highest BCUT2D eigenvalue weighted by Crippen LogP contribution is 2.36. The van der Waals surface area contributed by atoms with E-state index in [0.717, 1.165) is 11.1 Å². The average molecular weight is 490 g/mol. The van der Waals surface area contributed by atoms with Gasteiger partial charge < -0.3 is 19.6 Å². The summed E-state index contributed by atoms with van der Waals surface area (Å²) in [5, 5.41) is 5.34. The number of nitrogens with one attached hydrogen (secondary N) is 1. The van der Waals surface area contributed by atoms with Crippen LogP contribution in [-0.2, 0) is 16.1 Å². The van der Waals surface area contributed by atoms with Crippen molar-refractivity contribution in [3.8, 4) is 11.5 Å². The van der Waals surface area contributed by atoms with Crippen LogP contribution in [0.4, 0.5) is 0 Å². The molecule has 0 aliphatic rings. The van der Waals surface area contributed by atoms with E-state index < -0.39 is 5.97 Å². The summed E-state index contributed by atoms with van der Waals surface area (Å²) < 4.78 is 16.3. The summed E-state index contributed by atoms with van der Waals surface area (Å²) in [5.74, 6) is 0.416. The van der Waals surface area contributed by atoms with Crippen molar-refractivity contribution in [3.05, 3.63) is 56.0 Å². The Hall–Kier alpha value is -1.96. The molecule has 0 fully saturated rings. The van der Waals surface area contributed by atoms with E-state index in [1.54, 1.807) is 36.5 Å². The zero-order valence-electron chi connectivity index (χ0n) is 15.3. The lowest BCUT2D eigenvalue weighted by Gasteiger charge is -2.14. The van der Waals surface area contributed by atoms with Crippen molar-refractivity contribution in [2.24, 2.45) is 5.10 Å². The second kappa shape index (κ2) is 11.1. The second-order valence-corrected chi connectivity index (χ2v) is 7.09. The summed E-state index contributed by atoms with van der Waals surface area (Å²) in [6, 6.07) is 8.88. The lowest BCUT2D eigenvalue weighted by atomic mass is 10.2. The molecular weight excluding hydrogens is 471 g/mol. The highest BCUT2D eigenvalue weighted by molar-refractivity contribution is 9.10. The van der Waals surface area contributed by atoms with Gasteiger partial charge in [-0.15, -0.1) is 0 Å². The zero-order chi connectivity index (χ0) is 20.5. The number of ether oxygens (including phenoxy) is 3. The van der Waals surface area contributed by atoms with Crippen LogP contribution in [0.5, 0.6) is 11.5 Å². The van der Waals surface area contributed by atoms with Gasteiger partial charge in [-0.1, -0.05) is 29.3 Å². The molecule has 2 aromatic carbocycles. The van der Waals surface area contributed by atoms with E-state index >= 15 is 0 Å². The van der Waals surface area contributed by atoms with Gasteiger partial charge in [0.1, 0.15) is 0 Å². The average Bonchev–Trinajstić information content (AvgIpc) is 2.66. The number of hydrogen-bond donors (Lipinski definition) is 1. The number of benzene rings is 2. The molecule has 0 aliphatic heterocycles. The number of methoxy groups -OCH3 is 1. The molecule has 2 aromatic rings. The quantitative estimate of drug-likeness (QED) is 0.310. The maximum absolute atomic E-state index is 11.3. The van der Waals surface area contributed by atoms with Gasteiger partial charge in [0.25, 0.3) is 0 Å². The molecule has 0 spiro atoms. The van der Waals surface area contributed by atoms with E-state index in [2.05, 4.69) is 31.2 Å². The van der Waals surface area contributed by atoms with Crippen molar-refractivity contribution >= 4 is 51.3 Å². The molecule has 2 rings (SSSR count). The Kier molecular flexibility index (Phi) is 8.89. The largest absolute Gasteiger partial charge is 0.490 e. The van der Waals surface area contributed by atoms with Crippen molar-refractivity contribution in [2.45, 2.75) is 13.5 Å². The number of carbonyl (C=O) groups excluding carboxylic acids is 1. The summed E-state index contributed by atoms with van der Waals surface area (Å²) in [4.78, 5) is 11.3. The van der Waals surface area contributed by atoms with E-state index in [1.165, 1.54) is 7.11 Å².